The highest BCUT2D eigenvalue weighted by atomic mass is 28.4. The molecule has 7 heteroatoms. The van der Waals surface area contributed by atoms with Crippen LogP contribution in [0.1, 0.15) is 31.3 Å². The number of ether oxygens (including phenoxy) is 2. The number of carbonyl (C=O) groups is 1. The molecule has 1 aromatic heterocycles. The van der Waals surface area contributed by atoms with E-state index >= 15 is 0 Å². The van der Waals surface area contributed by atoms with Gasteiger partial charge in [0.2, 0.25) is 14.2 Å². The standard InChI is InChI=1S/C18H26N2O4Si/c1-18(2,3)25(6,7)24-14-10-8-13(9-11-14)23-16-12-15(17(21)22-5)19-20(16)4/h8-12H,1-7H3. The van der Waals surface area contributed by atoms with Gasteiger partial charge in [-0.15, -0.1) is 0 Å². The fourth-order valence-corrected chi connectivity index (χ4v) is 2.93. The molecule has 1 heterocycles. The molecule has 0 radical (unpaired) electrons. The van der Waals surface area contributed by atoms with Gasteiger partial charge in [0.15, 0.2) is 5.69 Å². The van der Waals surface area contributed by atoms with E-state index in [2.05, 4.69) is 43.7 Å². The van der Waals surface area contributed by atoms with Crippen molar-refractivity contribution >= 4 is 14.3 Å². The summed E-state index contributed by atoms with van der Waals surface area (Å²) in [7, 11) is 1.16. The molecule has 0 unspecified atom stereocenters. The number of methoxy groups -OCH3 is 1. The van der Waals surface area contributed by atoms with Crippen molar-refractivity contribution in [2.24, 2.45) is 7.05 Å². The monoisotopic (exact) mass is 362 g/mol. The molecule has 136 valence electrons. The predicted molar refractivity (Wildman–Crippen MR) is 98.9 cm³/mol. The van der Waals surface area contributed by atoms with Crippen LogP contribution < -0.4 is 9.16 Å². The van der Waals surface area contributed by atoms with E-state index in [-0.39, 0.29) is 10.7 Å². The Hall–Kier alpha value is -2.28. The number of carbonyl (C=O) groups excluding carboxylic acids is 1. The summed E-state index contributed by atoms with van der Waals surface area (Å²) in [6.45, 7) is 11.0. The molecule has 0 N–H and O–H groups in total. The summed E-state index contributed by atoms with van der Waals surface area (Å²) in [5.41, 5.74) is 0.206. The van der Waals surface area contributed by atoms with Crippen LogP contribution in [-0.4, -0.2) is 31.2 Å². The lowest BCUT2D eigenvalue weighted by Gasteiger charge is -2.36. The second kappa shape index (κ2) is 6.91. The first kappa shape index (κ1) is 19.0. The molecule has 6 nitrogen and oxygen atoms in total. The molecule has 25 heavy (non-hydrogen) atoms. The Bertz CT molecular complexity index is 745. The van der Waals surface area contributed by atoms with Gasteiger partial charge in [-0.3, -0.25) is 0 Å². The van der Waals surface area contributed by atoms with Gasteiger partial charge in [0.1, 0.15) is 11.5 Å². The molecule has 2 rings (SSSR count). The maximum Gasteiger partial charge on any atom is 0.358 e. The number of aromatic nitrogens is 2. The van der Waals surface area contributed by atoms with E-state index in [0.717, 1.165) is 5.75 Å². The number of rotatable bonds is 5. The molecule has 0 bridgehead atoms. The summed E-state index contributed by atoms with van der Waals surface area (Å²) in [6, 6.07) is 9.02. The first-order valence-electron chi connectivity index (χ1n) is 8.13. The Kier molecular flexibility index (Phi) is 5.27. The maximum absolute atomic E-state index is 11.5. The van der Waals surface area contributed by atoms with Crippen LogP contribution in [-0.2, 0) is 11.8 Å². The lowest BCUT2D eigenvalue weighted by atomic mass is 10.2. The van der Waals surface area contributed by atoms with Gasteiger partial charge in [0.25, 0.3) is 0 Å². The zero-order chi connectivity index (χ0) is 18.8. The highest BCUT2D eigenvalue weighted by Gasteiger charge is 2.38. The number of esters is 1. The minimum atomic E-state index is -1.87. The Morgan fingerprint density at radius 1 is 1.12 bits per heavy atom. The molecule has 0 saturated heterocycles. The van der Waals surface area contributed by atoms with Crippen molar-refractivity contribution in [3.8, 4) is 17.4 Å². The third-order valence-electron chi connectivity index (χ3n) is 4.46. The van der Waals surface area contributed by atoms with Crippen LogP contribution in [0, 0.1) is 0 Å². The zero-order valence-electron chi connectivity index (χ0n) is 15.9. The summed E-state index contributed by atoms with van der Waals surface area (Å²) < 4.78 is 18.2. The van der Waals surface area contributed by atoms with Gasteiger partial charge in [-0.05, 0) is 42.4 Å². The summed E-state index contributed by atoms with van der Waals surface area (Å²) >= 11 is 0. The molecule has 1 aromatic carbocycles. The number of benzene rings is 1. The van der Waals surface area contributed by atoms with Crippen LogP contribution in [0.2, 0.25) is 18.1 Å². The highest BCUT2D eigenvalue weighted by molar-refractivity contribution is 6.74. The van der Waals surface area contributed by atoms with Crippen molar-refractivity contribution in [1.82, 2.24) is 9.78 Å². The number of hydrogen-bond acceptors (Lipinski definition) is 5. The Morgan fingerprint density at radius 3 is 2.20 bits per heavy atom. The molecule has 0 aliphatic carbocycles. The van der Waals surface area contributed by atoms with Crippen molar-refractivity contribution in [2.45, 2.75) is 38.9 Å². The zero-order valence-corrected chi connectivity index (χ0v) is 16.9. The van der Waals surface area contributed by atoms with Crippen LogP contribution in [0.3, 0.4) is 0 Å². The van der Waals surface area contributed by atoms with Crippen molar-refractivity contribution in [2.75, 3.05) is 7.11 Å². The Balaban J connectivity index is 2.11. The molecule has 0 aliphatic heterocycles. The van der Waals surface area contributed by atoms with Crippen molar-refractivity contribution in [1.29, 1.82) is 0 Å². The van der Waals surface area contributed by atoms with Gasteiger partial charge < -0.3 is 13.9 Å². The Labute approximate surface area is 149 Å². The number of hydrogen-bond donors (Lipinski definition) is 0. The van der Waals surface area contributed by atoms with Crippen molar-refractivity contribution in [3.05, 3.63) is 36.0 Å². The van der Waals surface area contributed by atoms with Crippen LogP contribution in [0.15, 0.2) is 30.3 Å². The predicted octanol–water partition coefficient (Wildman–Crippen LogP) is 4.38. The SMILES string of the molecule is COC(=O)c1cc(Oc2ccc(O[Si](C)(C)C(C)(C)C)cc2)n(C)n1. The molecule has 0 spiro atoms. The van der Waals surface area contributed by atoms with Gasteiger partial charge in [-0.1, -0.05) is 20.8 Å². The maximum atomic E-state index is 11.5. The normalized spacial score (nSPS) is 12.0. The molecule has 0 saturated carbocycles. The minimum Gasteiger partial charge on any atom is -0.543 e. The average molecular weight is 363 g/mol. The average Bonchev–Trinajstić information content (AvgIpc) is 2.88. The van der Waals surface area contributed by atoms with Crippen LogP contribution in [0.5, 0.6) is 17.4 Å². The third kappa shape index (κ3) is 4.42. The van der Waals surface area contributed by atoms with Gasteiger partial charge >= 0.3 is 5.97 Å². The molecule has 2 aromatic rings. The molecular formula is C18H26N2O4Si. The summed E-state index contributed by atoms with van der Waals surface area (Å²) in [5.74, 6) is 1.43. The van der Waals surface area contributed by atoms with Gasteiger partial charge in [-0.2, -0.15) is 5.10 Å². The van der Waals surface area contributed by atoms with Crippen LogP contribution in [0.4, 0.5) is 0 Å². The van der Waals surface area contributed by atoms with Crippen LogP contribution in [0.25, 0.3) is 0 Å². The van der Waals surface area contributed by atoms with Crippen molar-refractivity contribution < 1.29 is 18.7 Å². The molecule has 0 aliphatic rings. The smallest absolute Gasteiger partial charge is 0.358 e. The van der Waals surface area contributed by atoms with E-state index in [4.69, 9.17) is 9.16 Å². The lowest BCUT2D eigenvalue weighted by molar-refractivity contribution is 0.0593. The van der Waals surface area contributed by atoms with E-state index in [1.165, 1.54) is 11.8 Å². The van der Waals surface area contributed by atoms with Gasteiger partial charge in [0.05, 0.1) is 7.11 Å². The van der Waals surface area contributed by atoms with E-state index in [9.17, 15) is 4.79 Å². The van der Waals surface area contributed by atoms with Crippen molar-refractivity contribution in [3.63, 3.8) is 0 Å². The van der Waals surface area contributed by atoms with E-state index in [0.29, 0.717) is 11.6 Å². The fraction of sp³-hybridized carbons (Fsp3) is 0.444. The highest BCUT2D eigenvalue weighted by Crippen LogP contribution is 2.37. The summed E-state index contributed by atoms with van der Waals surface area (Å²) in [4.78, 5) is 11.5. The Morgan fingerprint density at radius 2 is 1.68 bits per heavy atom. The van der Waals surface area contributed by atoms with E-state index in [1.807, 2.05) is 24.3 Å². The number of aryl methyl sites for hydroxylation is 1. The van der Waals surface area contributed by atoms with E-state index in [1.54, 1.807) is 13.1 Å². The second-order valence-electron chi connectivity index (χ2n) is 7.42. The largest absolute Gasteiger partial charge is 0.543 e. The first-order chi connectivity index (χ1) is 11.5. The van der Waals surface area contributed by atoms with Gasteiger partial charge in [0, 0.05) is 13.1 Å². The molecule has 0 amide bonds. The minimum absolute atomic E-state index is 0.140. The quantitative estimate of drug-likeness (QED) is 0.583. The molecular weight excluding hydrogens is 336 g/mol. The third-order valence-corrected chi connectivity index (χ3v) is 8.82. The fourth-order valence-electron chi connectivity index (χ4n) is 1.89. The van der Waals surface area contributed by atoms with Crippen LogP contribution >= 0.6 is 0 Å². The second-order valence-corrected chi connectivity index (χ2v) is 12.1. The topological polar surface area (TPSA) is 62.6 Å². The van der Waals surface area contributed by atoms with Gasteiger partial charge in [-0.25, -0.2) is 9.48 Å². The number of nitrogens with zero attached hydrogens (tertiary/aromatic N) is 2. The summed E-state index contributed by atoms with van der Waals surface area (Å²) in [6.07, 6.45) is 0. The summed E-state index contributed by atoms with van der Waals surface area (Å²) in [5, 5.41) is 4.21. The lowest BCUT2D eigenvalue weighted by Crippen LogP contribution is -2.43. The first-order valence-corrected chi connectivity index (χ1v) is 11.0. The molecule has 0 fully saturated rings. The molecule has 0 atom stereocenters. The van der Waals surface area contributed by atoms with E-state index < -0.39 is 14.3 Å².